The summed E-state index contributed by atoms with van der Waals surface area (Å²) in [4.78, 5) is 0. The minimum absolute atomic E-state index is 0.502. The van der Waals surface area contributed by atoms with Gasteiger partial charge in [0, 0.05) is 12.8 Å². The highest BCUT2D eigenvalue weighted by molar-refractivity contribution is 7.44. The van der Waals surface area contributed by atoms with E-state index in [1.54, 1.807) is 0 Å². The smallest absolute Gasteiger partial charge is 0.260 e. The van der Waals surface area contributed by atoms with Gasteiger partial charge in [-0.1, -0.05) is 121 Å². The molecule has 1 aliphatic carbocycles. The fourth-order valence-corrected chi connectivity index (χ4v) is 8.32. The van der Waals surface area contributed by atoms with Crippen LogP contribution in [0.5, 0.6) is 0 Å². The van der Waals surface area contributed by atoms with Crippen molar-refractivity contribution in [3.05, 3.63) is 144 Å². The Labute approximate surface area is 244 Å². The Bertz CT molecular complexity index is 1260. The van der Waals surface area contributed by atoms with Gasteiger partial charge in [0.25, 0.3) is 8.53 Å². The van der Waals surface area contributed by atoms with Crippen LogP contribution in [-0.2, 0) is 29.7 Å². The number of hydrogen-bond acceptors (Lipinski definition) is 5. The van der Waals surface area contributed by atoms with E-state index in [1.807, 2.05) is 38.4 Å². The quantitative estimate of drug-likeness (QED) is 0.231. The first-order valence-electron chi connectivity index (χ1n) is 14.5. The highest BCUT2D eigenvalue weighted by Gasteiger charge is 2.68. The third-order valence-electron chi connectivity index (χ3n) is 8.71. The zero-order chi connectivity index (χ0) is 27.9. The Balaban J connectivity index is 1.57. The van der Waals surface area contributed by atoms with E-state index in [4.69, 9.17) is 18.5 Å². The number of hydrogen-bond donors (Lipinski definition) is 0. The number of rotatable bonds is 5. The van der Waals surface area contributed by atoms with Crippen LogP contribution in [0.1, 0.15) is 47.9 Å². The minimum atomic E-state index is -1.60. The van der Waals surface area contributed by atoms with Gasteiger partial charge < -0.3 is 18.5 Å². The molecule has 2 aliphatic heterocycles. The van der Waals surface area contributed by atoms with Crippen molar-refractivity contribution in [2.45, 2.75) is 54.9 Å². The molecule has 3 aliphatic rings. The van der Waals surface area contributed by atoms with E-state index in [-0.39, 0.29) is 0 Å². The van der Waals surface area contributed by atoms with E-state index in [0.29, 0.717) is 0 Å². The van der Waals surface area contributed by atoms with Gasteiger partial charge >= 0.3 is 0 Å². The van der Waals surface area contributed by atoms with Crippen LogP contribution in [0.4, 0.5) is 0 Å². The second-order valence-corrected chi connectivity index (χ2v) is 13.0. The molecule has 0 amide bonds. The Kier molecular flexibility index (Phi) is 7.07. The molecule has 4 aromatic rings. The lowest BCUT2D eigenvalue weighted by Crippen LogP contribution is -2.53. The summed E-state index contributed by atoms with van der Waals surface area (Å²) in [7, 11) is 2.44. The summed E-state index contributed by atoms with van der Waals surface area (Å²) in [6, 6.07) is 42.0. The van der Waals surface area contributed by atoms with Crippen LogP contribution >= 0.6 is 8.53 Å². The first kappa shape index (κ1) is 27.0. The molecule has 2 atom stereocenters. The van der Waals surface area contributed by atoms with Gasteiger partial charge in [-0.15, -0.1) is 0 Å². The van der Waals surface area contributed by atoms with E-state index in [1.165, 1.54) is 0 Å². The second kappa shape index (κ2) is 10.7. The predicted octanol–water partition coefficient (Wildman–Crippen LogP) is 7.76. The van der Waals surface area contributed by atoms with E-state index >= 15 is 0 Å². The SMILES string of the molecule is CN(C)P1OC(c2ccccc2)(c2ccccc2)C2OC3(CCCC3)OC2C(c2ccccc2)(c2ccccc2)O1. The third kappa shape index (κ3) is 4.39. The van der Waals surface area contributed by atoms with Crippen molar-refractivity contribution in [2.75, 3.05) is 14.1 Å². The number of nitrogens with zero attached hydrogens (tertiary/aromatic N) is 1. The average molecular weight is 566 g/mol. The fraction of sp³-hybridized carbons (Fsp3) is 0.314. The Morgan fingerprint density at radius 2 is 0.854 bits per heavy atom. The zero-order valence-corrected chi connectivity index (χ0v) is 24.5. The van der Waals surface area contributed by atoms with E-state index in [2.05, 4.69) is 102 Å². The van der Waals surface area contributed by atoms with Gasteiger partial charge in [0.05, 0.1) is 0 Å². The maximum Gasteiger partial charge on any atom is 0.260 e. The van der Waals surface area contributed by atoms with Crippen molar-refractivity contribution in [2.24, 2.45) is 0 Å². The Morgan fingerprint density at radius 3 is 1.15 bits per heavy atom. The van der Waals surface area contributed by atoms with Crippen LogP contribution < -0.4 is 0 Å². The van der Waals surface area contributed by atoms with Crippen molar-refractivity contribution in [3.8, 4) is 0 Å². The molecule has 0 N–H and O–H groups in total. The average Bonchev–Trinajstić information content (AvgIpc) is 3.63. The summed E-state index contributed by atoms with van der Waals surface area (Å²) >= 11 is 0. The van der Waals surface area contributed by atoms with E-state index in [9.17, 15) is 0 Å². The molecule has 41 heavy (non-hydrogen) atoms. The van der Waals surface area contributed by atoms with Crippen LogP contribution in [0, 0.1) is 0 Å². The van der Waals surface area contributed by atoms with Gasteiger partial charge in [-0.25, -0.2) is 4.67 Å². The molecule has 4 aromatic carbocycles. The van der Waals surface area contributed by atoms with Crippen molar-refractivity contribution < 1.29 is 18.5 Å². The molecule has 0 radical (unpaired) electrons. The summed E-state index contributed by atoms with van der Waals surface area (Å²) in [5.74, 6) is -0.691. The summed E-state index contributed by atoms with van der Waals surface area (Å²) in [5.41, 5.74) is 2.12. The maximum atomic E-state index is 7.41. The molecule has 5 nitrogen and oxygen atoms in total. The molecule has 7 rings (SSSR count). The third-order valence-corrected chi connectivity index (χ3v) is 10.2. The molecule has 2 heterocycles. The lowest BCUT2D eigenvalue weighted by atomic mass is 9.72. The number of fused-ring (bicyclic) bond motifs is 1. The van der Waals surface area contributed by atoms with Gasteiger partial charge in [-0.3, -0.25) is 0 Å². The van der Waals surface area contributed by atoms with Crippen molar-refractivity contribution >= 4 is 8.53 Å². The molecule has 6 heteroatoms. The van der Waals surface area contributed by atoms with Gasteiger partial charge in [-0.2, -0.15) is 0 Å². The topological polar surface area (TPSA) is 40.2 Å². The molecule has 3 fully saturated rings. The maximum absolute atomic E-state index is 7.41. The Morgan fingerprint density at radius 1 is 0.537 bits per heavy atom. The zero-order valence-electron chi connectivity index (χ0n) is 23.6. The van der Waals surface area contributed by atoms with Gasteiger partial charge in [0.15, 0.2) is 17.0 Å². The molecule has 1 spiro atoms. The number of ether oxygens (including phenoxy) is 2. The molecule has 2 unspecified atom stereocenters. The lowest BCUT2D eigenvalue weighted by molar-refractivity contribution is -0.194. The first-order chi connectivity index (χ1) is 20.1. The summed E-state index contributed by atoms with van der Waals surface area (Å²) in [5, 5.41) is 0. The molecular weight excluding hydrogens is 529 g/mol. The molecule has 1 saturated carbocycles. The van der Waals surface area contributed by atoms with Crippen LogP contribution in [0.3, 0.4) is 0 Å². The first-order valence-corrected chi connectivity index (χ1v) is 15.6. The van der Waals surface area contributed by atoms with Crippen LogP contribution in [0.25, 0.3) is 0 Å². The van der Waals surface area contributed by atoms with E-state index < -0.39 is 37.7 Å². The molecular formula is C35H36NO4P. The van der Waals surface area contributed by atoms with Crippen molar-refractivity contribution in [3.63, 3.8) is 0 Å². The molecule has 2 saturated heterocycles. The van der Waals surface area contributed by atoms with Crippen LogP contribution in [-0.4, -0.2) is 36.8 Å². The monoisotopic (exact) mass is 565 g/mol. The van der Waals surface area contributed by atoms with Crippen molar-refractivity contribution in [1.82, 2.24) is 4.67 Å². The van der Waals surface area contributed by atoms with Crippen molar-refractivity contribution in [1.29, 1.82) is 0 Å². The highest BCUT2D eigenvalue weighted by atomic mass is 31.2. The standard InChI is InChI=1S/C35H36NO4P/c1-36(2)41-39-34(27-17-7-3-8-18-27,28-19-9-4-10-20-28)31-32(38-33(37-31)25-15-16-26-33)35(40-41,29-21-11-5-12-22-29)30-23-13-6-14-24-30/h3-14,17-24,31-32H,15-16,25-26H2,1-2H3. The minimum Gasteiger partial charge on any atom is -0.340 e. The van der Waals surface area contributed by atoms with Gasteiger partial charge in [0.1, 0.15) is 12.2 Å². The summed E-state index contributed by atoms with van der Waals surface area (Å²) in [6.45, 7) is 0. The molecule has 0 bridgehead atoms. The largest absolute Gasteiger partial charge is 0.340 e. The predicted molar refractivity (Wildman–Crippen MR) is 161 cm³/mol. The normalized spacial score (nSPS) is 26.1. The van der Waals surface area contributed by atoms with Gasteiger partial charge in [0.2, 0.25) is 0 Å². The molecule has 0 aromatic heterocycles. The van der Waals surface area contributed by atoms with Crippen LogP contribution in [0.2, 0.25) is 0 Å². The fourth-order valence-electron chi connectivity index (χ4n) is 6.83. The second-order valence-electron chi connectivity index (χ2n) is 11.4. The number of benzene rings is 4. The summed E-state index contributed by atoms with van der Waals surface area (Å²) < 4.78 is 31.5. The van der Waals surface area contributed by atoms with Crippen LogP contribution in [0.15, 0.2) is 121 Å². The lowest BCUT2D eigenvalue weighted by Gasteiger charge is -2.41. The van der Waals surface area contributed by atoms with Gasteiger partial charge in [-0.05, 0) is 49.2 Å². The van der Waals surface area contributed by atoms with E-state index in [0.717, 1.165) is 47.9 Å². The Hall–Kier alpha value is -2.89. The summed E-state index contributed by atoms with van der Waals surface area (Å²) in [6.07, 6.45) is 2.83. The highest BCUT2D eigenvalue weighted by Crippen LogP contribution is 2.66. The molecule has 210 valence electrons.